The number of halogens is 2. The van der Waals surface area contributed by atoms with Crippen molar-refractivity contribution in [3.63, 3.8) is 0 Å². The first-order valence-corrected chi connectivity index (χ1v) is 7.66. The number of benzene rings is 2. The first-order chi connectivity index (χ1) is 9.24. The molecule has 0 heterocycles. The molecule has 0 radical (unpaired) electrons. The monoisotopic (exact) mass is 335 g/mol. The van der Waals surface area contributed by atoms with Crippen LogP contribution < -0.4 is 5.32 Å². The predicted molar refractivity (Wildman–Crippen MR) is 85.0 cm³/mol. The summed E-state index contributed by atoms with van der Waals surface area (Å²) < 4.78 is 1.12. The van der Waals surface area contributed by atoms with E-state index in [0.29, 0.717) is 12.0 Å². The summed E-state index contributed by atoms with van der Waals surface area (Å²) in [6.45, 7) is 0. The minimum atomic E-state index is 0.542. The summed E-state index contributed by atoms with van der Waals surface area (Å²) in [7, 11) is 0. The minimum absolute atomic E-state index is 0.542. The van der Waals surface area contributed by atoms with Gasteiger partial charge in [-0.05, 0) is 58.5 Å². The van der Waals surface area contributed by atoms with Gasteiger partial charge in [0.25, 0.3) is 0 Å². The molecule has 98 valence electrons. The zero-order valence-corrected chi connectivity index (χ0v) is 12.8. The first-order valence-electron chi connectivity index (χ1n) is 6.49. The molecule has 0 aromatic heterocycles. The molecule has 0 unspecified atom stereocenters. The lowest BCUT2D eigenvalue weighted by atomic mass is 9.76. The van der Waals surface area contributed by atoms with E-state index in [1.54, 1.807) is 0 Å². The molecule has 1 aliphatic carbocycles. The third kappa shape index (κ3) is 2.80. The van der Waals surface area contributed by atoms with Crippen LogP contribution in [-0.4, -0.2) is 6.04 Å². The quantitative estimate of drug-likeness (QED) is 0.784. The van der Waals surface area contributed by atoms with Crippen LogP contribution in [0.15, 0.2) is 53.0 Å². The number of para-hydroxylation sites is 1. The highest BCUT2D eigenvalue weighted by atomic mass is 79.9. The average Bonchev–Trinajstić information content (AvgIpc) is 2.37. The number of hydrogen-bond donors (Lipinski definition) is 1. The maximum Gasteiger partial charge on any atom is 0.0486 e. The smallest absolute Gasteiger partial charge is 0.0486 e. The Balaban J connectivity index is 1.62. The van der Waals surface area contributed by atoms with Crippen LogP contribution in [0.2, 0.25) is 5.02 Å². The normalized spacial score (nSPS) is 21.8. The topological polar surface area (TPSA) is 12.0 Å². The minimum Gasteiger partial charge on any atom is -0.381 e. The molecule has 1 saturated carbocycles. The second-order valence-corrected chi connectivity index (χ2v) is 6.27. The van der Waals surface area contributed by atoms with E-state index in [1.165, 1.54) is 11.3 Å². The lowest BCUT2D eigenvalue weighted by Crippen LogP contribution is -2.34. The summed E-state index contributed by atoms with van der Waals surface area (Å²) in [5.41, 5.74) is 2.46. The molecule has 1 fully saturated rings. The van der Waals surface area contributed by atoms with Gasteiger partial charge in [-0.1, -0.05) is 41.9 Å². The van der Waals surface area contributed by atoms with E-state index in [4.69, 9.17) is 11.6 Å². The summed E-state index contributed by atoms with van der Waals surface area (Å²) in [6, 6.07) is 17.0. The van der Waals surface area contributed by atoms with Crippen molar-refractivity contribution in [2.45, 2.75) is 24.8 Å². The van der Waals surface area contributed by atoms with E-state index >= 15 is 0 Å². The maximum absolute atomic E-state index is 6.24. The summed E-state index contributed by atoms with van der Waals surface area (Å²) in [5, 5.41) is 4.47. The summed E-state index contributed by atoms with van der Waals surface area (Å²) >= 11 is 9.80. The van der Waals surface area contributed by atoms with Gasteiger partial charge in [0, 0.05) is 21.2 Å². The van der Waals surface area contributed by atoms with E-state index in [1.807, 2.05) is 18.2 Å². The van der Waals surface area contributed by atoms with Crippen LogP contribution in [0.5, 0.6) is 0 Å². The first kappa shape index (κ1) is 13.0. The Labute approximate surface area is 127 Å². The van der Waals surface area contributed by atoms with Gasteiger partial charge in [-0.25, -0.2) is 0 Å². The van der Waals surface area contributed by atoms with Gasteiger partial charge in [-0.2, -0.15) is 0 Å². The molecular weight excluding hydrogens is 322 g/mol. The predicted octanol–water partition coefficient (Wildman–Crippen LogP) is 5.46. The molecule has 0 bridgehead atoms. The number of anilines is 1. The molecule has 0 atom stereocenters. The Kier molecular flexibility index (Phi) is 3.81. The van der Waals surface area contributed by atoms with Crippen molar-refractivity contribution < 1.29 is 0 Å². The molecule has 0 saturated heterocycles. The van der Waals surface area contributed by atoms with E-state index in [9.17, 15) is 0 Å². The lowest BCUT2D eigenvalue weighted by Gasteiger charge is -2.37. The third-order valence-corrected chi connectivity index (χ3v) is 4.75. The van der Waals surface area contributed by atoms with Crippen molar-refractivity contribution in [3.05, 3.63) is 63.6 Å². The lowest BCUT2D eigenvalue weighted by molar-refractivity contribution is 0.374. The maximum atomic E-state index is 6.24. The molecule has 3 rings (SSSR count). The SMILES string of the molecule is Clc1ccccc1C1CC(Nc2ccccc2Br)C1. The molecule has 0 aliphatic heterocycles. The van der Waals surface area contributed by atoms with Crippen molar-refractivity contribution in [1.29, 1.82) is 0 Å². The van der Waals surface area contributed by atoms with Crippen molar-refractivity contribution >= 4 is 33.2 Å². The Hall–Kier alpha value is -0.990. The van der Waals surface area contributed by atoms with Gasteiger partial charge < -0.3 is 5.32 Å². The van der Waals surface area contributed by atoms with Crippen molar-refractivity contribution in [2.75, 3.05) is 5.32 Å². The molecular formula is C16H15BrClN. The molecule has 1 nitrogen and oxygen atoms in total. The van der Waals surface area contributed by atoms with Gasteiger partial charge in [0.15, 0.2) is 0 Å². The Bertz CT molecular complexity index is 578. The third-order valence-electron chi connectivity index (χ3n) is 3.72. The molecule has 0 amide bonds. The van der Waals surface area contributed by atoms with Crippen molar-refractivity contribution in [2.24, 2.45) is 0 Å². The molecule has 2 aromatic rings. The van der Waals surface area contributed by atoms with Crippen LogP contribution in [0.3, 0.4) is 0 Å². The molecule has 1 N–H and O–H groups in total. The highest BCUT2D eigenvalue weighted by Gasteiger charge is 2.31. The second kappa shape index (κ2) is 5.56. The summed E-state index contributed by atoms with van der Waals surface area (Å²) in [6.07, 6.45) is 2.29. The number of hydrogen-bond acceptors (Lipinski definition) is 1. The van der Waals surface area contributed by atoms with E-state index in [0.717, 1.165) is 22.3 Å². The van der Waals surface area contributed by atoms with Crippen molar-refractivity contribution in [1.82, 2.24) is 0 Å². The van der Waals surface area contributed by atoms with Crippen LogP contribution >= 0.6 is 27.5 Å². The van der Waals surface area contributed by atoms with Crippen LogP contribution in [0.25, 0.3) is 0 Å². The van der Waals surface area contributed by atoms with E-state index in [2.05, 4.69) is 51.6 Å². The van der Waals surface area contributed by atoms with Crippen molar-refractivity contribution in [3.8, 4) is 0 Å². The fourth-order valence-electron chi connectivity index (χ4n) is 2.59. The molecule has 0 spiro atoms. The van der Waals surface area contributed by atoms with Crippen LogP contribution in [0, 0.1) is 0 Å². The highest BCUT2D eigenvalue weighted by Crippen LogP contribution is 2.41. The molecule has 2 aromatic carbocycles. The van der Waals surface area contributed by atoms with Crippen LogP contribution in [-0.2, 0) is 0 Å². The standard InChI is InChI=1S/C16H15BrClN/c17-14-6-2-4-8-16(14)19-12-9-11(10-12)13-5-1-3-7-15(13)18/h1-8,11-12,19H,9-10H2. The van der Waals surface area contributed by atoms with Gasteiger partial charge in [0.1, 0.15) is 0 Å². The summed E-state index contributed by atoms with van der Waals surface area (Å²) in [5.74, 6) is 0.591. The van der Waals surface area contributed by atoms with Gasteiger partial charge in [0.05, 0.1) is 0 Å². The van der Waals surface area contributed by atoms with Gasteiger partial charge in [-0.15, -0.1) is 0 Å². The highest BCUT2D eigenvalue weighted by molar-refractivity contribution is 9.10. The Morgan fingerprint density at radius 2 is 1.68 bits per heavy atom. The average molecular weight is 337 g/mol. The largest absolute Gasteiger partial charge is 0.381 e. The van der Waals surface area contributed by atoms with Gasteiger partial charge in [-0.3, -0.25) is 0 Å². The van der Waals surface area contributed by atoms with Crippen LogP contribution in [0.1, 0.15) is 24.3 Å². The molecule has 3 heteroatoms. The Morgan fingerprint density at radius 1 is 1.00 bits per heavy atom. The fraction of sp³-hybridized carbons (Fsp3) is 0.250. The molecule has 19 heavy (non-hydrogen) atoms. The second-order valence-electron chi connectivity index (χ2n) is 5.01. The van der Waals surface area contributed by atoms with E-state index in [-0.39, 0.29) is 0 Å². The number of nitrogens with one attached hydrogen (secondary N) is 1. The van der Waals surface area contributed by atoms with Crippen LogP contribution in [0.4, 0.5) is 5.69 Å². The number of rotatable bonds is 3. The summed E-state index contributed by atoms with van der Waals surface area (Å²) in [4.78, 5) is 0. The zero-order valence-electron chi connectivity index (χ0n) is 10.4. The van der Waals surface area contributed by atoms with E-state index < -0.39 is 0 Å². The van der Waals surface area contributed by atoms with Gasteiger partial charge in [0.2, 0.25) is 0 Å². The molecule has 1 aliphatic rings. The Morgan fingerprint density at radius 3 is 2.42 bits per heavy atom. The fourth-order valence-corrected chi connectivity index (χ4v) is 3.28. The zero-order chi connectivity index (χ0) is 13.2. The van der Waals surface area contributed by atoms with Gasteiger partial charge >= 0.3 is 0 Å².